The van der Waals surface area contributed by atoms with Crippen molar-refractivity contribution in [1.82, 2.24) is 0 Å². The maximum absolute atomic E-state index is 13.0. The Morgan fingerprint density at radius 2 is 1.79 bits per heavy atom. The average Bonchev–Trinajstić information content (AvgIpc) is 3.26. The number of thiocarbonyl (C=S) groups is 1. The quantitative estimate of drug-likeness (QED) is 0.304. The number of hydrogen-bond acceptors (Lipinski definition) is 4. The first-order chi connectivity index (χ1) is 14.0. The Balaban J connectivity index is 1.66. The normalized spacial score (nSPS) is 15.6. The first-order valence-corrected chi connectivity index (χ1v) is 10.9. The molecule has 0 spiro atoms. The molecule has 0 N–H and O–H groups in total. The number of thioether (sulfide) groups is 1. The molecule has 1 fully saturated rings. The van der Waals surface area contributed by atoms with Crippen LogP contribution in [0.3, 0.4) is 0 Å². The van der Waals surface area contributed by atoms with E-state index in [0.29, 0.717) is 36.4 Å². The number of amides is 1. The van der Waals surface area contributed by atoms with Gasteiger partial charge in [0.1, 0.15) is 11.5 Å². The molecule has 1 saturated heterocycles. The van der Waals surface area contributed by atoms with Gasteiger partial charge < -0.3 is 4.42 Å². The summed E-state index contributed by atoms with van der Waals surface area (Å²) in [5.41, 5.74) is 2.52. The number of carbonyl (C=O) groups excluding carboxylic acids is 1. The summed E-state index contributed by atoms with van der Waals surface area (Å²) >= 11 is 19.3. The van der Waals surface area contributed by atoms with E-state index in [-0.39, 0.29) is 5.91 Å². The highest BCUT2D eigenvalue weighted by molar-refractivity contribution is 8.27. The second kappa shape index (κ2) is 8.36. The molecule has 0 atom stereocenters. The lowest BCUT2D eigenvalue weighted by Gasteiger charge is -2.17. The fraction of sp³-hybridized carbons (Fsp3) is 0.0909. The van der Waals surface area contributed by atoms with Crippen molar-refractivity contribution < 1.29 is 9.21 Å². The molecule has 1 amide bonds. The molecule has 0 saturated carbocycles. The minimum atomic E-state index is -0.158. The number of rotatable bonds is 4. The smallest absolute Gasteiger partial charge is 0.270 e. The number of hydrogen-bond donors (Lipinski definition) is 0. The van der Waals surface area contributed by atoms with Gasteiger partial charge in [0.2, 0.25) is 0 Å². The van der Waals surface area contributed by atoms with E-state index >= 15 is 0 Å². The van der Waals surface area contributed by atoms with Crippen LogP contribution in [0.2, 0.25) is 10.0 Å². The monoisotopic (exact) mass is 459 g/mol. The van der Waals surface area contributed by atoms with Gasteiger partial charge in [0.15, 0.2) is 4.32 Å². The molecule has 1 aromatic heterocycles. The third kappa shape index (κ3) is 3.88. The highest BCUT2D eigenvalue weighted by Crippen LogP contribution is 2.39. The van der Waals surface area contributed by atoms with E-state index in [9.17, 15) is 4.79 Å². The summed E-state index contributed by atoms with van der Waals surface area (Å²) in [6.45, 7) is 2.05. The van der Waals surface area contributed by atoms with Crippen LogP contribution in [0.5, 0.6) is 0 Å². The van der Waals surface area contributed by atoms with Crippen molar-refractivity contribution in [2.24, 2.45) is 0 Å². The van der Waals surface area contributed by atoms with Crippen LogP contribution in [-0.2, 0) is 11.2 Å². The number of benzene rings is 2. The molecule has 29 heavy (non-hydrogen) atoms. The summed E-state index contributed by atoms with van der Waals surface area (Å²) in [5, 5.41) is 1.00. The number of para-hydroxylation sites is 1. The number of halogens is 2. The third-order valence-corrected chi connectivity index (χ3v) is 6.45. The zero-order valence-electron chi connectivity index (χ0n) is 15.3. The summed E-state index contributed by atoms with van der Waals surface area (Å²) in [4.78, 5) is 15.1. The van der Waals surface area contributed by atoms with Crippen molar-refractivity contribution in [3.8, 4) is 11.3 Å². The van der Waals surface area contributed by atoms with Crippen LogP contribution < -0.4 is 4.90 Å². The van der Waals surface area contributed by atoms with Crippen molar-refractivity contribution in [3.63, 3.8) is 0 Å². The Bertz CT molecular complexity index is 1130. The zero-order chi connectivity index (χ0) is 20.5. The van der Waals surface area contributed by atoms with Crippen molar-refractivity contribution >= 4 is 69.2 Å². The molecule has 3 nitrogen and oxygen atoms in total. The van der Waals surface area contributed by atoms with Crippen LogP contribution in [0.1, 0.15) is 18.2 Å². The highest BCUT2D eigenvalue weighted by Gasteiger charge is 2.34. The van der Waals surface area contributed by atoms with Gasteiger partial charge in [-0.05, 0) is 42.3 Å². The predicted molar refractivity (Wildman–Crippen MR) is 126 cm³/mol. The van der Waals surface area contributed by atoms with Gasteiger partial charge in [-0.3, -0.25) is 9.69 Å². The van der Waals surface area contributed by atoms with Gasteiger partial charge in [-0.15, -0.1) is 0 Å². The number of furan rings is 1. The van der Waals surface area contributed by atoms with E-state index in [4.69, 9.17) is 39.8 Å². The second-order valence-corrected chi connectivity index (χ2v) is 8.79. The molecule has 1 aliphatic heterocycles. The number of nitrogens with zero attached hydrogens (tertiary/aromatic N) is 1. The minimum absolute atomic E-state index is 0.158. The molecule has 3 aromatic rings. The van der Waals surface area contributed by atoms with Crippen LogP contribution >= 0.6 is 47.2 Å². The van der Waals surface area contributed by atoms with E-state index in [2.05, 4.69) is 6.92 Å². The molecule has 146 valence electrons. The summed E-state index contributed by atoms with van der Waals surface area (Å²) in [5.74, 6) is 0.911. The van der Waals surface area contributed by atoms with Gasteiger partial charge in [-0.1, -0.05) is 78.4 Å². The van der Waals surface area contributed by atoms with Gasteiger partial charge in [-0.2, -0.15) is 0 Å². The van der Waals surface area contributed by atoms with E-state index in [1.807, 2.05) is 24.3 Å². The van der Waals surface area contributed by atoms with Crippen LogP contribution in [0, 0.1) is 0 Å². The third-order valence-electron chi connectivity index (χ3n) is 4.52. The SMILES string of the molecule is CCc1ccccc1N1C(=O)/C(=C\c2ccc(-c3c(Cl)cccc3Cl)o2)SC1=S. The fourth-order valence-corrected chi connectivity index (χ4v) is 4.98. The standard InChI is InChI=1S/C22H15Cl2NO2S2/c1-2-13-6-3-4-9-17(13)25-21(26)19(29-22(25)28)12-14-10-11-18(27-14)20-15(23)7-5-8-16(20)24/h3-12H,2H2,1H3/b19-12+. The molecule has 2 aromatic carbocycles. The van der Waals surface area contributed by atoms with Crippen molar-refractivity contribution in [2.75, 3.05) is 4.90 Å². The lowest BCUT2D eigenvalue weighted by molar-refractivity contribution is -0.113. The Kier molecular flexibility index (Phi) is 5.83. The second-order valence-electron chi connectivity index (χ2n) is 6.30. The molecule has 0 bridgehead atoms. The Morgan fingerprint density at radius 3 is 2.52 bits per heavy atom. The molecule has 4 rings (SSSR count). The van der Waals surface area contributed by atoms with Gasteiger partial charge in [0.25, 0.3) is 5.91 Å². The van der Waals surface area contributed by atoms with E-state index in [1.54, 1.807) is 41.3 Å². The largest absolute Gasteiger partial charge is 0.457 e. The fourth-order valence-electron chi connectivity index (χ4n) is 3.13. The van der Waals surface area contributed by atoms with E-state index in [1.165, 1.54) is 11.8 Å². The Hall–Kier alpha value is -2.05. The van der Waals surface area contributed by atoms with Gasteiger partial charge >= 0.3 is 0 Å². The number of anilines is 1. The molecule has 0 radical (unpaired) electrons. The minimum Gasteiger partial charge on any atom is -0.457 e. The molecular formula is C22H15Cl2NO2S2. The molecule has 0 unspecified atom stereocenters. The number of aryl methyl sites for hydroxylation is 1. The van der Waals surface area contributed by atoms with Crippen LogP contribution in [-0.4, -0.2) is 10.2 Å². The van der Waals surface area contributed by atoms with Crippen LogP contribution in [0.15, 0.2) is 63.9 Å². The lowest BCUT2D eigenvalue weighted by atomic mass is 10.1. The predicted octanol–water partition coefficient (Wildman–Crippen LogP) is 7.22. The van der Waals surface area contributed by atoms with Gasteiger partial charge in [0.05, 0.1) is 26.2 Å². The first-order valence-electron chi connectivity index (χ1n) is 8.89. The average molecular weight is 460 g/mol. The molecule has 2 heterocycles. The van der Waals surface area contributed by atoms with Gasteiger partial charge in [0, 0.05) is 6.08 Å². The van der Waals surface area contributed by atoms with E-state index < -0.39 is 0 Å². The van der Waals surface area contributed by atoms with Crippen molar-refractivity contribution in [3.05, 3.63) is 80.9 Å². The van der Waals surface area contributed by atoms with Crippen LogP contribution in [0.25, 0.3) is 17.4 Å². The highest BCUT2D eigenvalue weighted by atomic mass is 35.5. The maximum Gasteiger partial charge on any atom is 0.270 e. The summed E-state index contributed by atoms with van der Waals surface area (Å²) in [6.07, 6.45) is 2.51. The van der Waals surface area contributed by atoms with E-state index in [0.717, 1.165) is 17.7 Å². The van der Waals surface area contributed by atoms with Crippen LogP contribution in [0.4, 0.5) is 5.69 Å². The Morgan fingerprint density at radius 1 is 1.07 bits per heavy atom. The summed E-state index contributed by atoms with van der Waals surface area (Å²) in [6, 6.07) is 16.6. The molecule has 1 aliphatic rings. The number of carbonyl (C=O) groups is 1. The van der Waals surface area contributed by atoms with Crippen molar-refractivity contribution in [1.29, 1.82) is 0 Å². The molecule has 7 heteroatoms. The zero-order valence-corrected chi connectivity index (χ0v) is 18.5. The Labute approximate surface area is 188 Å². The summed E-state index contributed by atoms with van der Waals surface area (Å²) < 4.78 is 6.39. The lowest BCUT2D eigenvalue weighted by Crippen LogP contribution is -2.28. The first kappa shape index (κ1) is 20.2. The van der Waals surface area contributed by atoms with Crippen molar-refractivity contribution in [2.45, 2.75) is 13.3 Å². The topological polar surface area (TPSA) is 33.5 Å². The van der Waals surface area contributed by atoms with Gasteiger partial charge in [-0.25, -0.2) is 0 Å². The molecular weight excluding hydrogens is 445 g/mol. The summed E-state index contributed by atoms with van der Waals surface area (Å²) in [7, 11) is 0. The maximum atomic E-state index is 13.0. The molecule has 0 aliphatic carbocycles.